The highest BCUT2D eigenvalue weighted by Crippen LogP contribution is 2.34. The van der Waals surface area contributed by atoms with Crippen LogP contribution in [0.3, 0.4) is 0 Å². The number of halogens is 2. The number of rotatable bonds is 0. The molecule has 6 heavy (non-hydrogen) atoms. The van der Waals surface area contributed by atoms with Crippen molar-refractivity contribution in [1.29, 1.82) is 0 Å². The highest BCUT2D eigenvalue weighted by atomic mass is 31.2. The summed E-state index contributed by atoms with van der Waals surface area (Å²) in [6.07, 6.45) is 0. The predicted molar refractivity (Wildman–Crippen MR) is 15.7 cm³/mol. The number of hydrogen-bond acceptors (Lipinski definition) is 1. The fraction of sp³-hybridized carbons (Fsp3) is 0. The van der Waals surface area contributed by atoms with Gasteiger partial charge in [-0.1, -0.05) is 0 Å². The quantitative estimate of drug-likeness (QED) is 0.449. The molecule has 0 unspecified atom stereocenters. The molecule has 0 bridgehead atoms. The average molecular weight is 120 g/mol. The molecule has 3 nitrogen and oxygen atoms in total. The molecule has 0 aromatic heterocycles. The summed E-state index contributed by atoms with van der Waals surface area (Å²) in [5, 5.41) is 0. The molecule has 0 spiro atoms. The normalized spacial score (nSPS) is 9.83. The Morgan fingerprint density at radius 3 is 1.50 bits per heavy atom. The van der Waals surface area contributed by atoms with E-state index in [0.29, 0.717) is 0 Å². The highest BCUT2D eigenvalue weighted by Gasteiger charge is 2.04. The molecular formula is H3F2O3P. The maximum absolute atomic E-state index is 10.4. The average Bonchev–Trinajstić information content (AvgIpc) is 0.722. The van der Waals surface area contributed by atoms with E-state index < -0.39 is 7.91 Å². The lowest BCUT2D eigenvalue weighted by Crippen LogP contribution is -1.56. The molecule has 0 heterocycles. The minimum Gasteiger partial charge on any atom is -0.299 e. The molecule has 0 aliphatic rings. The largest absolute Gasteiger partial charge is 0.507 e. The van der Waals surface area contributed by atoms with Gasteiger partial charge in [-0.25, -0.2) is 4.57 Å². The first-order valence-corrected chi connectivity index (χ1v) is 2.25. The van der Waals surface area contributed by atoms with E-state index in [4.69, 9.17) is 14.4 Å². The summed E-state index contributed by atoms with van der Waals surface area (Å²) in [6.45, 7) is 0. The lowest BCUT2D eigenvalue weighted by Gasteiger charge is -1.77. The third-order valence-electron chi connectivity index (χ3n) is 0. The zero-order valence-electron chi connectivity index (χ0n) is 2.54. The Hall–Kier alpha value is 0.01000. The van der Waals surface area contributed by atoms with Gasteiger partial charge in [0.2, 0.25) is 0 Å². The summed E-state index contributed by atoms with van der Waals surface area (Å²) in [5.74, 6) is 0. The smallest absolute Gasteiger partial charge is 0.299 e. The van der Waals surface area contributed by atoms with Crippen LogP contribution >= 0.6 is 7.91 Å². The molecule has 0 rings (SSSR count). The van der Waals surface area contributed by atoms with Gasteiger partial charge in [0, 0.05) is 0 Å². The Kier molecular flexibility index (Phi) is 3.49. The van der Waals surface area contributed by atoms with Crippen molar-refractivity contribution in [2.24, 2.45) is 0 Å². The van der Waals surface area contributed by atoms with Crippen molar-refractivity contribution in [3.8, 4) is 0 Å². The molecule has 0 aliphatic carbocycles. The first-order valence-electron chi connectivity index (χ1n) is 0.752. The zero-order valence-corrected chi connectivity index (χ0v) is 3.43. The van der Waals surface area contributed by atoms with E-state index in [2.05, 4.69) is 0 Å². The van der Waals surface area contributed by atoms with E-state index >= 15 is 0 Å². The zero-order chi connectivity index (χ0) is 4.50. The van der Waals surface area contributed by atoms with E-state index in [1.807, 2.05) is 0 Å². The standard InChI is InChI=1S/FH2O3P.FH/c1-5(2,3)4;/h(H2,2,3,4);1H. The maximum atomic E-state index is 10.4. The molecule has 0 saturated carbocycles. The summed E-state index contributed by atoms with van der Waals surface area (Å²) in [6, 6.07) is 0. The molecule has 0 aromatic carbocycles. The SMILES string of the molecule is F.O=P(O)(O)F. The van der Waals surface area contributed by atoms with Crippen LogP contribution in [0.15, 0.2) is 0 Å². The number of hydrogen-bond donors (Lipinski definition) is 2. The van der Waals surface area contributed by atoms with Crippen molar-refractivity contribution in [3.05, 3.63) is 0 Å². The molecule has 40 valence electrons. The van der Waals surface area contributed by atoms with E-state index in [-0.39, 0.29) is 4.70 Å². The third kappa shape index (κ3) is 363000. The van der Waals surface area contributed by atoms with Crippen LogP contribution in [0.2, 0.25) is 0 Å². The van der Waals surface area contributed by atoms with E-state index in [9.17, 15) is 4.20 Å². The van der Waals surface area contributed by atoms with Crippen LogP contribution in [0.1, 0.15) is 0 Å². The van der Waals surface area contributed by atoms with Crippen molar-refractivity contribution in [1.82, 2.24) is 0 Å². The molecular weight excluding hydrogens is 117 g/mol. The molecule has 0 atom stereocenters. The summed E-state index contributed by atoms with van der Waals surface area (Å²) < 4.78 is 19.0. The molecule has 2 N–H and O–H groups in total. The first kappa shape index (κ1) is 9.38. The van der Waals surface area contributed by atoms with Gasteiger partial charge in [-0.15, -0.1) is 4.20 Å². The van der Waals surface area contributed by atoms with Crippen molar-refractivity contribution in [2.75, 3.05) is 0 Å². The van der Waals surface area contributed by atoms with Crippen LogP contribution in [0.5, 0.6) is 0 Å². The van der Waals surface area contributed by atoms with E-state index in [0.717, 1.165) is 0 Å². The highest BCUT2D eigenvalue weighted by molar-refractivity contribution is 7.45. The monoisotopic (exact) mass is 120 g/mol. The van der Waals surface area contributed by atoms with Gasteiger partial charge in [-0.2, -0.15) is 0 Å². The fourth-order valence-electron chi connectivity index (χ4n) is 0. The van der Waals surface area contributed by atoms with Crippen LogP contribution < -0.4 is 0 Å². The van der Waals surface area contributed by atoms with Crippen LogP contribution in [-0.4, -0.2) is 9.79 Å². The minimum atomic E-state index is -5.14. The van der Waals surface area contributed by atoms with Gasteiger partial charge in [0.1, 0.15) is 0 Å². The Bertz CT molecular complexity index is 54.9. The molecule has 0 saturated heterocycles. The van der Waals surface area contributed by atoms with E-state index in [1.54, 1.807) is 0 Å². The van der Waals surface area contributed by atoms with Crippen LogP contribution in [0.4, 0.5) is 8.90 Å². The molecule has 0 aliphatic heterocycles. The summed E-state index contributed by atoms with van der Waals surface area (Å²) in [7, 11) is -5.14. The Labute approximate surface area is 32.4 Å². The van der Waals surface area contributed by atoms with Crippen molar-refractivity contribution in [3.63, 3.8) is 0 Å². The van der Waals surface area contributed by atoms with Crippen LogP contribution in [-0.2, 0) is 4.57 Å². The Balaban J connectivity index is 0. The second kappa shape index (κ2) is 2.23. The second-order valence-corrected chi connectivity index (χ2v) is 1.42. The van der Waals surface area contributed by atoms with E-state index in [1.165, 1.54) is 0 Å². The van der Waals surface area contributed by atoms with Gasteiger partial charge in [0.25, 0.3) is 0 Å². The summed E-state index contributed by atoms with van der Waals surface area (Å²) in [5.41, 5.74) is 0. The Morgan fingerprint density at radius 2 is 1.50 bits per heavy atom. The lowest BCUT2D eigenvalue weighted by molar-refractivity contribution is 0.322. The molecule has 0 amide bonds. The van der Waals surface area contributed by atoms with Crippen LogP contribution in [0, 0.1) is 0 Å². The second-order valence-electron chi connectivity index (χ2n) is 0.473. The fourth-order valence-corrected chi connectivity index (χ4v) is 0. The van der Waals surface area contributed by atoms with Crippen molar-refractivity contribution < 1.29 is 23.3 Å². The topological polar surface area (TPSA) is 57.5 Å². The minimum absolute atomic E-state index is 0. The van der Waals surface area contributed by atoms with Crippen LogP contribution in [0.25, 0.3) is 0 Å². The maximum Gasteiger partial charge on any atom is 0.507 e. The summed E-state index contributed by atoms with van der Waals surface area (Å²) >= 11 is 0. The third-order valence-corrected chi connectivity index (χ3v) is 0. The molecule has 0 radical (unpaired) electrons. The van der Waals surface area contributed by atoms with Gasteiger partial charge < -0.3 is 0 Å². The molecule has 0 aromatic rings. The van der Waals surface area contributed by atoms with Gasteiger partial charge >= 0.3 is 7.91 Å². The van der Waals surface area contributed by atoms with Gasteiger partial charge in [-0.3, -0.25) is 14.5 Å². The van der Waals surface area contributed by atoms with Gasteiger partial charge in [0.05, 0.1) is 0 Å². The lowest BCUT2D eigenvalue weighted by atomic mass is 15.8. The Morgan fingerprint density at radius 1 is 1.50 bits per heavy atom. The molecule has 6 heteroatoms. The summed E-state index contributed by atoms with van der Waals surface area (Å²) in [4.78, 5) is 13.9. The van der Waals surface area contributed by atoms with Gasteiger partial charge in [0.15, 0.2) is 0 Å². The van der Waals surface area contributed by atoms with Crippen molar-refractivity contribution >= 4 is 7.91 Å². The molecule has 0 fully saturated rings. The van der Waals surface area contributed by atoms with Crippen molar-refractivity contribution in [2.45, 2.75) is 0 Å². The first-order chi connectivity index (χ1) is 2.00. The van der Waals surface area contributed by atoms with Gasteiger partial charge in [-0.05, 0) is 0 Å². The predicted octanol–water partition coefficient (Wildman–Crippen LogP) is 0.201.